The van der Waals surface area contributed by atoms with Gasteiger partial charge in [0.25, 0.3) is 5.56 Å². The molecular weight excluding hydrogens is 402 g/mol. The summed E-state index contributed by atoms with van der Waals surface area (Å²) in [5.74, 6) is -0.344. The van der Waals surface area contributed by atoms with Gasteiger partial charge in [-0.15, -0.1) is 0 Å². The van der Waals surface area contributed by atoms with E-state index in [2.05, 4.69) is 15.9 Å². The molecule has 26 heavy (non-hydrogen) atoms. The van der Waals surface area contributed by atoms with E-state index in [1.165, 1.54) is 11.7 Å². The average Bonchev–Trinajstić information content (AvgIpc) is 2.61. The van der Waals surface area contributed by atoms with Gasteiger partial charge < -0.3 is 24.9 Å². The van der Waals surface area contributed by atoms with Gasteiger partial charge in [-0.3, -0.25) is 4.79 Å². The molecule has 3 rings (SSSR count). The predicted molar refractivity (Wildman–Crippen MR) is 98.1 cm³/mol. The molecule has 1 atom stereocenters. The highest BCUT2D eigenvalue weighted by Crippen LogP contribution is 2.44. The molecule has 8 heteroatoms. The van der Waals surface area contributed by atoms with Crippen LogP contribution in [-0.2, 0) is 7.05 Å². The Labute approximate surface area is 158 Å². The number of methoxy groups -OCH3 is 1. The molecule has 0 spiro atoms. The van der Waals surface area contributed by atoms with Crippen molar-refractivity contribution in [1.29, 1.82) is 5.26 Å². The number of phenols is 1. The monoisotopic (exact) mass is 417 g/mol. The molecule has 7 nitrogen and oxygen atoms in total. The van der Waals surface area contributed by atoms with Gasteiger partial charge >= 0.3 is 0 Å². The highest BCUT2D eigenvalue weighted by molar-refractivity contribution is 9.10. The normalized spacial score (nSPS) is 15.9. The highest BCUT2D eigenvalue weighted by Gasteiger charge is 2.34. The number of aryl methyl sites for hydroxylation is 1. The van der Waals surface area contributed by atoms with Crippen LogP contribution < -0.4 is 20.8 Å². The molecular formula is C18H16BrN3O4. The van der Waals surface area contributed by atoms with E-state index in [4.69, 9.17) is 15.2 Å². The molecule has 2 aromatic rings. The number of aromatic hydroxyl groups is 1. The van der Waals surface area contributed by atoms with Crippen molar-refractivity contribution < 1.29 is 14.6 Å². The number of ether oxygens (including phenoxy) is 2. The van der Waals surface area contributed by atoms with Crippen molar-refractivity contribution in [2.24, 2.45) is 12.8 Å². The SMILES string of the molecule is COc1cc(C2C(C#N)=C(N)Oc3cc(C)n(C)c(=O)c32)cc(Br)c1O. The Balaban J connectivity index is 2.37. The van der Waals surface area contributed by atoms with Crippen LogP contribution in [0.3, 0.4) is 0 Å². The van der Waals surface area contributed by atoms with Gasteiger partial charge in [-0.1, -0.05) is 0 Å². The second kappa shape index (κ2) is 6.42. The molecule has 0 bridgehead atoms. The Morgan fingerprint density at radius 3 is 2.73 bits per heavy atom. The lowest BCUT2D eigenvalue weighted by atomic mass is 9.84. The first-order chi connectivity index (χ1) is 12.3. The lowest BCUT2D eigenvalue weighted by molar-refractivity contribution is 0.370. The Morgan fingerprint density at radius 1 is 1.42 bits per heavy atom. The van der Waals surface area contributed by atoms with Gasteiger partial charge in [0.15, 0.2) is 11.5 Å². The third-order valence-electron chi connectivity index (χ3n) is 4.46. The Kier molecular flexibility index (Phi) is 4.42. The molecule has 0 saturated heterocycles. The Hall–Kier alpha value is -2.92. The third kappa shape index (κ3) is 2.61. The van der Waals surface area contributed by atoms with E-state index >= 15 is 0 Å². The molecule has 0 aliphatic carbocycles. The number of nitrogens with two attached hydrogens (primary N) is 1. The third-order valence-corrected chi connectivity index (χ3v) is 5.06. The van der Waals surface area contributed by atoms with Crippen molar-refractivity contribution in [3.05, 3.63) is 61.3 Å². The summed E-state index contributed by atoms with van der Waals surface area (Å²) in [4.78, 5) is 12.9. The summed E-state index contributed by atoms with van der Waals surface area (Å²) in [7, 11) is 3.07. The average molecular weight is 418 g/mol. The lowest BCUT2D eigenvalue weighted by Crippen LogP contribution is -2.31. The Morgan fingerprint density at radius 2 is 2.12 bits per heavy atom. The van der Waals surface area contributed by atoms with Crippen molar-refractivity contribution in [2.75, 3.05) is 7.11 Å². The quantitative estimate of drug-likeness (QED) is 0.775. The highest BCUT2D eigenvalue weighted by atomic mass is 79.9. The van der Waals surface area contributed by atoms with E-state index in [1.54, 1.807) is 32.2 Å². The summed E-state index contributed by atoms with van der Waals surface area (Å²) in [5.41, 5.74) is 7.36. The molecule has 134 valence electrons. The van der Waals surface area contributed by atoms with Gasteiger partial charge in [-0.05, 0) is 40.5 Å². The first-order valence-corrected chi connectivity index (χ1v) is 8.44. The summed E-state index contributed by atoms with van der Waals surface area (Å²) in [6, 6.07) is 6.94. The second-order valence-electron chi connectivity index (χ2n) is 5.91. The largest absolute Gasteiger partial charge is 0.503 e. The maximum Gasteiger partial charge on any atom is 0.258 e. The van der Waals surface area contributed by atoms with Crippen molar-refractivity contribution >= 4 is 15.9 Å². The number of aromatic nitrogens is 1. The number of rotatable bonds is 2. The van der Waals surface area contributed by atoms with E-state index in [9.17, 15) is 15.2 Å². The fourth-order valence-electron chi connectivity index (χ4n) is 2.99. The number of hydrogen-bond acceptors (Lipinski definition) is 6. The van der Waals surface area contributed by atoms with Crippen LogP contribution in [0.5, 0.6) is 17.2 Å². The topological polar surface area (TPSA) is 110 Å². The van der Waals surface area contributed by atoms with Crippen molar-refractivity contribution in [3.8, 4) is 23.3 Å². The molecule has 0 fully saturated rings. The van der Waals surface area contributed by atoms with Crippen LogP contribution in [0.15, 0.2) is 38.9 Å². The van der Waals surface area contributed by atoms with Crippen LogP contribution in [0.25, 0.3) is 0 Å². The van der Waals surface area contributed by atoms with Crippen molar-refractivity contribution in [3.63, 3.8) is 0 Å². The fraction of sp³-hybridized carbons (Fsp3) is 0.222. The van der Waals surface area contributed by atoms with Gasteiger partial charge in [0.05, 0.1) is 23.1 Å². The molecule has 1 aliphatic heterocycles. The molecule has 0 radical (unpaired) electrons. The number of benzene rings is 1. The molecule has 2 heterocycles. The van der Waals surface area contributed by atoms with E-state index < -0.39 is 5.92 Å². The maximum atomic E-state index is 12.9. The van der Waals surface area contributed by atoms with Crippen LogP contribution in [0.4, 0.5) is 0 Å². The first-order valence-electron chi connectivity index (χ1n) is 7.64. The minimum absolute atomic E-state index is 0.0548. The van der Waals surface area contributed by atoms with E-state index in [-0.39, 0.29) is 28.5 Å². The lowest BCUT2D eigenvalue weighted by Gasteiger charge is -2.27. The zero-order valence-corrected chi connectivity index (χ0v) is 15.9. The van der Waals surface area contributed by atoms with Crippen molar-refractivity contribution in [1.82, 2.24) is 4.57 Å². The molecule has 1 aromatic carbocycles. The first kappa shape index (κ1) is 17.9. The zero-order chi connectivity index (χ0) is 19.2. The molecule has 1 aromatic heterocycles. The smallest absolute Gasteiger partial charge is 0.258 e. The van der Waals surface area contributed by atoms with Crippen LogP contribution in [0.1, 0.15) is 22.7 Å². The van der Waals surface area contributed by atoms with Gasteiger partial charge in [-0.25, -0.2) is 0 Å². The van der Waals surface area contributed by atoms with Gasteiger partial charge in [0.2, 0.25) is 5.88 Å². The second-order valence-corrected chi connectivity index (χ2v) is 6.76. The Bertz CT molecular complexity index is 1050. The molecule has 0 saturated carbocycles. The molecule has 3 N–H and O–H groups in total. The zero-order valence-electron chi connectivity index (χ0n) is 14.3. The van der Waals surface area contributed by atoms with E-state index in [0.29, 0.717) is 27.0 Å². The van der Waals surface area contributed by atoms with Crippen LogP contribution >= 0.6 is 15.9 Å². The van der Waals surface area contributed by atoms with Gasteiger partial charge in [-0.2, -0.15) is 5.26 Å². The molecule has 0 amide bonds. The minimum atomic E-state index is -0.742. The number of fused-ring (bicyclic) bond motifs is 1. The van der Waals surface area contributed by atoms with Gasteiger partial charge in [0, 0.05) is 18.8 Å². The summed E-state index contributed by atoms with van der Waals surface area (Å²) >= 11 is 3.27. The number of pyridine rings is 1. The van der Waals surface area contributed by atoms with Gasteiger partial charge in [0.1, 0.15) is 17.4 Å². The van der Waals surface area contributed by atoms with Crippen LogP contribution in [-0.4, -0.2) is 16.8 Å². The predicted octanol–water partition coefficient (Wildman–Crippen LogP) is 2.39. The summed E-state index contributed by atoms with van der Waals surface area (Å²) in [6.07, 6.45) is 0. The standard InChI is InChI=1S/C18H16BrN3O4/c1-8-4-12-15(18(24)22(8)2)14(10(7-20)17(21)26-12)9-5-11(19)16(23)13(6-9)25-3/h4-6,14,23H,21H2,1-3H3. The summed E-state index contributed by atoms with van der Waals surface area (Å²) in [6.45, 7) is 1.78. The number of nitrogens with zero attached hydrogens (tertiary/aromatic N) is 2. The number of nitriles is 1. The number of hydrogen-bond donors (Lipinski definition) is 2. The van der Waals surface area contributed by atoms with Crippen LogP contribution in [0.2, 0.25) is 0 Å². The number of allylic oxidation sites excluding steroid dienone is 1. The fourth-order valence-corrected chi connectivity index (χ4v) is 3.45. The van der Waals surface area contributed by atoms with E-state index in [0.717, 1.165) is 0 Å². The number of halogens is 1. The number of phenolic OH excluding ortho intramolecular Hbond substituents is 1. The minimum Gasteiger partial charge on any atom is -0.503 e. The van der Waals surface area contributed by atoms with Crippen LogP contribution in [0, 0.1) is 18.3 Å². The molecule has 1 unspecified atom stereocenters. The van der Waals surface area contributed by atoms with E-state index in [1.807, 2.05) is 6.07 Å². The summed E-state index contributed by atoms with van der Waals surface area (Å²) in [5, 5.41) is 19.7. The maximum absolute atomic E-state index is 12.9. The molecule has 1 aliphatic rings. The van der Waals surface area contributed by atoms with Crippen molar-refractivity contribution in [2.45, 2.75) is 12.8 Å². The summed E-state index contributed by atoms with van der Waals surface area (Å²) < 4.78 is 12.6.